The van der Waals surface area contributed by atoms with Gasteiger partial charge in [0.25, 0.3) is 0 Å². The SMILES string of the molecule is CCCCCCCCCCCCC(=O)OC[C@H](COP(=O)(O)OC[C@H](O)COP(=O)(O)OC[C@@H](COC(=O)CCC)OC(=O)CCCCCCCCCCC)OC(=O)CCCCCCCC. The summed E-state index contributed by atoms with van der Waals surface area (Å²) < 4.78 is 66.4. The van der Waals surface area contributed by atoms with Crippen molar-refractivity contribution in [2.45, 2.75) is 239 Å². The van der Waals surface area contributed by atoms with E-state index in [4.69, 9.17) is 37.0 Å². The molecule has 0 fully saturated rings. The minimum Gasteiger partial charge on any atom is -0.462 e. The number of aliphatic hydroxyl groups excluding tert-OH is 1. The van der Waals surface area contributed by atoms with E-state index in [1.54, 1.807) is 6.92 Å². The number of phosphoric acid groups is 2. The molecule has 66 heavy (non-hydrogen) atoms. The maximum Gasteiger partial charge on any atom is 0.472 e. The van der Waals surface area contributed by atoms with Crippen molar-refractivity contribution >= 4 is 39.5 Å². The zero-order valence-electron chi connectivity index (χ0n) is 41.1. The summed E-state index contributed by atoms with van der Waals surface area (Å²) in [6.45, 7) is 4.28. The van der Waals surface area contributed by atoms with Crippen LogP contribution in [0.5, 0.6) is 0 Å². The normalized spacial score (nSPS) is 14.7. The highest BCUT2D eigenvalue weighted by molar-refractivity contribution is 7.47. The number of phosphoric ester groups is 2. The molecular formula is C47H90O17P2. The van der Waals surface area contributed by atoms with E-state index < -0.39 is 97.5 Å². The van der Waals surface area contributed by atoms with E-state index in [0.29, 0.717) is 25.7 Å². The van der Waals surface area contributed by atoms with Gasteiger partial charge in [-0.2, -0.15) is 0 Å². The lowest BCUT2D eigenvalue weighted by Gasteiger charge is -2.21. The second-order valence-electron chi connectivity index (χ2n) is 17.1. The van der Waals surface area contributed by atoms with Crippen LogP contribution in [0, 0.1) is 0 Å². The second-order valence-corrected chi connectivity index (χ2v) is 20.0. The van der Waals surface area contributed by atoms with Gasteiger partial charge in [-0.15, -0.1) is 0 Å². The molecule has 0 saturated heterocycles. The number of ether oxygens (including phenoxy) is 4. The van der Waals surface area contributed by atoms with Crippen LogP contribution in [0.25, 0.3) is 0 Å². The van der Waals surface area contributed by atoms with Crippen molar-refractivity contribution < 1.29 is 80.2 Å². The van der Waals surface area contributed by atoms with Crippen LogP contribution in [0.1, 0.15) is 220 Å². The van der Waals surface area contributed by atoms with E-state index in [9.17, 15) is 43.2 Å². The molecule has 0 rings (SSSR count). The maximum atomic E-state index is 12.7. The largest absolute Gasteiger partial charge is 0.472 e. The van der Waals surface area contributed by atoms with E-state index in [-0.39, 0.29) is 25.7 Å². The Morgan fingerprint density at radius 3 is 0.955 bits per heavy atom. The summed E-state index contributed by atoms with van der Waals surface area (Å²) in [6.07, 6.45) is 23.0. The molecule has 0 saturated carbocycles. The first-order chi connectivity index (χ1) is 31.7. The lowest BCUT2D eigenvalue weighted by molar-refractivity contribution is -0.161. The molecule has 0 spiro atoms. The molecule has 0 aromatic heterocycles. The molecule has 0 heterocycles. The number of aliphatic hydroxyl groups is 1. The van der Waals surface area contributed by atoms with E-state index >= 15 is 0 Å². The van der Waals surface area contributed by atoms with Crippen LogP contribution >= 0.6 is 15.6 Å². The molecule has 0 aromatic carbocycles. The standard InChI is InChI=1S/C47H90O17P2/c1-5-9-12-15-18-20-22-23-26-28-32-45(50)58-38-43(64-46(51)33-29-25-17-14-11-7-3)40-62-66(55,56)60-36-41(48)35-59-65(53,54)61-39-42(37-57-44(49)31-8-4)63-47(52)34-30-27-24-21-19-16-13-10-6-2/h41-43,48H,5-40H2,1-4H3,(H,53,54)(H,55,56)/t41-,42-,43-/m1/s1. The zero-order valence-corrected chi connectivity index (χ0v) is 42.9. The third-order valence-electron chi connectivity index (χ3n) is 10.6. The Hall–Kier alpha value is -1.94. The van der Waals surface area contributed by atoms with Gasteiger partial charge >= 0.3 is 39.5 Å². The molecule has 19 heteroatoms. The highest BCUT2D eigenvalue weighted by Crippen LogP contribution is 2.45. The van der Waals surface area contributed by atoms with Crippen molar-refractivity contribution in [1.82, 2.24) is 0 Å². The molecule has 390 valence electrons. The lowest BCUT2D eigenvalue weighted by atomic mass is 10.1. The van der Waals surface area contributed by atoms with E-state index in [0.717, 1.165) is 77.0 Å². The predicted molar refractivity (Wildman–Crippen MR) is 252 cm³/mol. The summed E-state index contributed by atoms with van der Waals surface area (Å²) in [6, 6.07) is 0. The Bertz CT molecular complexity index is 1320. The van der Waals surface area contributed by atoms with Crippen molar-refractivity contribution in [3.8, 4) is 0 Å². The maximum absolute atomic E-state index is 12.7. The Morgan fingerprint density at radius 1 is 0.364 bits per heavy atom. The van der Waals surface area contributed by atoms with Crippen LogP contribution in [0.4, 0.5) is 0 Å². The molecule has 0 aliphatic heterocycles. The molecule has 0 bridgehead atoms. The van der Waals surface area contributed by atoms with Gasteiger partial charge in [0.1, 0.15) is 19.3 Å². The van der Waals surface area contributed by atoms with Crippen molar-refractivity contribution in [3.05, 3.63) is 0 Å². The van der Waals surface area contributed by atoms with Crippen LogP contribution in [0.3, 0.4) is 0 Å². The lowest BCUT2D eigenvalue weighted by Crippen LogP contribution is -2.30. The summed E-state index contributed by atoms with van der Waals surface area (Å²) in [5.41, 5.74) is 0. The Balaban J connectivity index is 5.01. The Kier molecular flexibility index (Phi) is 41.8. The van der Waals surface area contributed by atoms with Gasteiger partial charge in [-0.1, -0.05) is 169 Å². The van der Waals surface area contributed by atoms with Crippen LogP contribution in [-0.4, -0.2) is 96.7 Å². The molecule has 5 atom stereocenters. The van der Waals surface area contributed by atoms with Crippen LogP contribution < -0.4 is 0 Å². The number of carbonyl (C=O) groups is 4. The molecule has 2 unspecified atom stereocenters. The summed E-state index contributed by atoms with van der Waals surface area (Å²) in [4.78, 5) is 70.3. The fraction of sp³-hybridized carbons (Fsp3) is 0.915. The molecule has 0 amide bonds. The Labute approximate surface area is 397 Å². The smallest absolute Gasteiger partial charge is 0.462 e. The molecule has 0 radical (unpaired) electrons. The monoisotopic (exact) mass is 989 g/mol. The van der Waals surface area contributed by atoms with Gasteiger partial charge in [0.05, 0.1) is 26.4 Å². The number of rotatable bonds is 48. The fourth-order valence-electron chi connectivity index (χ4n) is 6.67. The summed E-state index contributed by atoms with van der Waals surface area (Å²) in [7, 11) is -9.81. The third kappa shape index (κ3) is 42.2. The first-order valence-electron chi connectivity index (χ1n) is 25.3. The van der Waals surface area contributed by atoms with Gasteiger partial charge in [-0.3, -0.25) is 37.3 Å². The van der Waals surface area contributed by atoms with Gasteiger partial charge in [-0.25, -0.2) is 9.13 Å². The minimum absolute atomic E-state index is 0.102. The van der Waals surface area contributed by atoms with Gasteiger partial charge in [0.2, 0.25) is 0 Å². The number of hydrogen-bond donors (Lipinski definition) is 3. The van der Waals surface area contributed by atoms with Crippen molar-refractivity contribution in [2.75, 3.05) is 39.6 Å². The number of hydrogen-bond acceptors (Lipinski definition) is 15. The van der Waals surface area contributed by atoms with E-state index in [1.807, 2.05) is 0 Å². The summed E-state index contributed by atoms with van der Waals surface area (Å²) in [5, 5.41) is 10.3. The van der Waals surface area contributed by atoms with E-state index in [2.05, 4.69) is 20.8 Å². The van der Waals surface area contributed by atoms with Gasteiger partial charge in [-0.05, 0) is 25.7 Å². The predicted octanol–water partition coefficient (Wildman–Crippen LogP) is 11.3. The molecule has 0 aliphatic carbocycles. The molecule has 0 aromatic rings. The first-order valence-corrected chi connectivity index (χ1v) is 28.3. The van der Waals surface area contributed by atoms with Gasteiger partial charge in [0.15, 0.2) is 12.2 Å². The van der Waals surface area contributed by atoms with Gasteiger partial charge in [0, 0.05) is 25.7 Å². The average Bonchev–Trinajstić information content (AvgIpc) is 3.28. The quantitative estimate of drug-likeness (QED) is 0.0222. The van der Waals surface area contributed by atoms with E-state index in [1.165, 1.54) is 64.2 Å². The highest BCUT2D eigenvalue weighted by Gasteiger charge is 2.30. The van der Waals surface area contributed by atoms with Gasteiger partial charge < -0.3 is 33.8 Å². The number of unbranched alkanes of at least 4 members (excludes halogenated alkanes) is 22. The van der Waals surface area contributed by atoms with Crippen molar-refractivity contribution in [2.24, 2.45) is 0 Å². The van der Waals surface area contributed by atoms with Crippen molar-refractivity contribution in [1.29, 1.82) is 0 Å². The summed E-state index contributed by atoms with van der Waals surface area (Å²) in [5.74, 6) is -2.22. The highest BCUT2D eigenvalue weighted by atomic mass is 31.2. The first kappa shape index (κ1) is 64.1. The minimum atomic E-state index is -4.91. The molecular weight excluding hydrogens is 898 g/mol. The molecule has 0 aliphatic rings. The van der Waals surface area contributed by atoms with Crippen LogP contribution in [0.2, 0.25) is 0 Å². The Morgan fingerprint density at radius 2 is 0.636 bits per heavy atom. The number of carbonyl (C=O) groups excluding carboxylic acids is 4. The topological polar surface area (TPSA) is 237 Å². The van der Waals surface area contributed by atoms with Crippen LogP contribution in [0.15, 0.2) is 0 Å². The van der Waals surface area contributed by atoms with Crippen molar-refractivity contribution in [3.63, 3.8) is 0 Å². The molecule has 17 nitrogen and oxygen atoms in total. The van der Waals surface area contributed by atoms with Crippen LogP contribution in [-0.2, 0) is 65.4 Å². The third-order valence-corrected chi connectivity index (χ3v) is 12.5. The second kappa shape index (κ2) is 43.1. The average molecular weight is 989 g/mol. The number of esters is 4. The molecule has 3 N–H and O–H groups in total. The zero-order chi connectivity index (χ0) is 49.2. The summed E-state index contributed by atoms with van der Waals surface area (Å²) >= 11 is 0. The fourth-order valence-corrected chi connectivity index (χ4v) is 8.25.